The normalized spacial score (nSPS) is 17.2. The zero-order chi connectivity index (χ0) is 26.8. The number of likely N-dealkylation sites (tertiary alicyclic amines) is 1. The first kappa shape index (κ1) is 27.3. The molecule has 0 atom stereocenters. The molecule has 0 bridgehead atoms. The average molecular weight is 530 g/mol. The third-order valence-electron chi connectivity index (χ3n) is 6.84. The summed E-state index contributed by atoms with van der Waals surface area (Å²) in [4.78, 5) is 14.2. The number of fused-ring (bicyclic) bond motifs is 1. The number of rotatable bonds is 6. The molecule has 2 heterocycles. The van der Waals surface area contributed by atoms with Crippen molar-refractivity contribution in [3.63, 3.8) is 0 Å². The molecule has 202 valence electrons. The lowest BCUT2D eigenvalue weighted by Crippen LogP contribution is -2.52. The predicted molar refractivity (Wildman–Crippen MR) is 145 cm³/mol. The van der Waals surface area contributed by atoms with Crippen LogP contribution < -0.4 is 9.47 Å². The van der Waals surface area contributed by atoms with Gasteiger partial charge in [-0.05, 0) is 74.9 Å². The van der Waals surface area contributed by atoms with E-state index in [1.807, 2.05) is 58.0 Å². The van der Waals surface area contributed by atoms with Crippen LogP contribution in [0.2, 0.25) is 0 Å². The van der Waals surface area contributed by atoms with Crippen molar-refractivity contribution in [2.45, 2.75) is 76.8 Å². The number of sulfone groups is 1. The molecule has 2 aliphatic heterocycles. The van der Waals surface area contributed by atoms with Crippen molar-refractivity contribution < 1.29 is 27.4 Å². The Labute approximate surface area is 221 Å². The maximum Gasteiger partial charge on any atom is 0.410 e. The molecular formula is C29H39NO6S. The fraction of sp³-hybridized carbons (Fsp3) is 0.552. The number of hydrogen-bond donors (Lipinski definition) is 0. The van der Waals surface area contributed by atoms with Crippen LogP contribution in [0.1, 0.15) is 64.5 Å². The lowest BCUT2D eigenvalue weighted by molar-refractivity contribution is -0.0272. The highest BCUT2D eigenvalue weighted by atomic mass is 32.2. The SMILES string of the molecule is CCCOc1cc(-c2ccc3c(c2)CCC2(CCN(C(=O)OC(C)(C)C)CC2)O3)ccc1CS(C)(=O)=O. The molecule has 1 saturated heterocycles. The van der Waals surface area contributed by atoms with E-state index in [2.05, 4.69) is 6.07 Å². The monoisotopic (exact) mass is 529 g/mol. The average Bonchev–Trinajstić information content (AvgIpc) is 2.81. The standard InChI is InChI=1S/C29H39NO6S/c1-6-17-34-26-19-22(7-8-24(26)20-37(5,32)33)21-9-10-25-23(18-21)11-12-29(35-25)13-15-30(16-14-29)27(31)36-28(2,3)4/h7-10,18-19H,6,11-17,20H2,1-5H3. The van der Waals surface area contributed by atoms with Crippen LogP contribution in [0.25, 0.3) is 11.1 Å². The number of hydrogen-bond acceptors (Lipinski definition) is 6. The van der Waals surface area contributed by atoms with Gasteiger partial charge in [-0.25, -0.2) is 13.2 Å². The van der Waals surface area contributed by atoms with Crippen LogP contribution in [0, 0.1) is 0 Å². The number of carbonyl (C=O) groups excluding carboxylic acids is 1. The summed E-state index contributed by atoms with van der Waals surface area (Å²) in [7, 11) is -3.17. The lowest BCUT2D eigenvalue weighted by Gasteiger charge is -2.44. The largest absolute Gasteiger partial charge is 0.493 e. The zero-order valence-electron chi connectivity index (χ0n) is 22.6. The number of aryl methyl sites for hydroxylation is 1. The van der Waals surface area contributed by atoms with Gasteiger partial charge in [0, 0.05) is 37.8 Å². The van der Waals surface area contributed by atoms with Gasteiger partial charge in [0.2, 0.25) is 0 Å². The Morgan fingerprint density at radius 1 is 1.05 bits per heavy atom. The number of amides is 1. The van der Waals surface area contributed by atoms with Gasteiger partial charge in [-0.2, -0.15) is 0 Å². The highest BCUT2D eigenvalue weighted by molar-refractivity contribution is 7.89. The third kappa shape index (κ3) is 6.98. The van der Waals surface area contributed by atoms with Crippen LogP contribution >= 0.6 is 0 Å². The van der Waals surface area contributed by atoms with Crippen molar-refractivity contribution in [2.24, 2.45) is 0 Å². The van der Waals surface area contributed by atoms with Crippen LogP contribution in [0.15, 0.2) is 36.4 Å². The van der Waals surface area contributed by atoms with Gasteiger partial charge in [-0.1, -0.05) is 25.1 Å². The second kappa shape index (κ2) is 10.6. The van der Waals surface area contributed by atoms with Gasteiger partial charge in [0.05, 0.1) is 12.4 Å². The summed E-state index contributed by atoms with van der Waals surface area (Å²) in [5.74, 6) is 1.48. The van der Waals surface area contributed by atoms with Gasteiger partial charge >= 0.3 is 6.09 Å². The minimum absolute atomic E-state index is 0.0439. The number of piperidine rings is 1. The van der Waals surface area contributed by atoms with Crippen molar-refractivity contribution in [1.82, 2.24) is 4.90 Å². The molecular weight excluding hydrogens is 490 g/mol. The molecule has 1 fully saturated rings. The van der Waals surface area contributed by atoms with Crippen molar-refractivity contribution in [3.8, 4) is 22.6 Å². The molecule has 2 aliphatic rings. The first-order chi connectivity index (χ1) is 17.4. The highest BCUT2D eigenvalue weighted by Gasteiger charge is 2.41. The zero-order valence-corrected chi connectivity index (χ0v) is 23.4. The van der Waals surface area contributed by atoms with Gasteiger partial charge in [-0.15, -0.1) is 0 Å². The van der Waals surface area contributed by atoms with E-state index in [1.165, 1.54) is 6.26 Å². The molecule has 0 saturated carbocycles. The molecule has 0 unspecified atom stereocenters. The van der Waals surface area contributed by atoms with Gasteiger partial charge in [0.1, 0.15) is 22.7 Å². The Balaban J connectivity index is 1.48. The van der Waals surface area contributed by atoms with Gasteiger partial charge in [-0.3, -0.25) is 0 Å². The summed E-state index contributed by atoms with van der Waals surface area (Å²) in [5.41, 5.74) is 3.12. The Bertz CT molecular complexity index is 1240. The van der Waals surface area contributed by atoms with E-state index in [9.17, 15) is 13.2 Å². The molecule has 4 rings (SSSR count). The van der Waals surface area contributed by atoms with Crippen molar-refractivity contribution >= 4 is 15.9 Å². The Hall–Kier alpha value is -2.74. The quantitative estimate of drug-likeness (QED) is 0.472. The molecule has 2 aromatic carbocycles. The summed E-state index contributed by atoms with van der Waals surface area (Å²) in [6.45, 7) is 9.47. The van der Waals surface area contributed by atoms with Crippen molar-refractivity contribution in [1.29, 1.82) is 0 Å². The molecule has 0 radical (unpaired) electrons. The first-order valence-electron chi connectivity index (χ1n) is 13.1. The summed E-state index contributed by atoms with van der Waals surface area (Å²) < 4.78 is 41.8. The van der Waals surface area contributed by atoms with Crippen LogP contribution in [-0.2, 0) is 26.7 Å². The maximum absolute atomic E-state index is 12.5. The van der Waals surface area contributed by atoms with Gasteiger partial charge in [0.15, 0.2) is 9.84 Å². The molecule has 1 amide bonds. The number of benzene rings is 2. The van der Waals surface area contributed by atoms with E-state index in [1.54, 1.807) is 4.90 Å². The van der Waals surface area contributed by atoms with Gasteiger partial charge in [0.25, 0.3) is 0 Å². The maximum atomic E-state index is 12.5. The summed E-state index contributed by atoms with van der Waals surface area (Å²) in [5, 5.41) is 0. The van der Waals surface area contributed by atoms with E-state index in [0.717, 1.165) is 54.5 Å². The molecule has 37 heavy (non-hydrogen) atoms. The minimum atomic E-state index is -3.17. The van der Waals surface area contributed by atoms with Crippen LogP contribution in [0.3, 0.4) is 0 Å². The molecule has 8 heteroatoms. The Morgan fingerprint density at radius 3 is 2.38 bits per heavy atom. The van der Waals surface area contributed by atoms with Crippen LogP contribution in [0.5, 0.6) is 11.5 Å². The smallest absolute Gasteiger partial charge is 0.410 e. The third-order valence-corrected chi connectivity index (χ3v) is 7.68. The Kier molecular flexibility index (Phi) is 7.79. The topological polar surface area (TPSA) is 82.1 Å². The van der Waals surface area contributed by atoms with E-state index < -0.39 is 15.4 Å². The molecule has 7 nitrogen and oxygen atoms in total. The number of carbonyl (C=O) groups is 1. The number of nitrogens with zero attached hydrogens (tertiary/aromatic N) is 1. The predicted octanol–water partition coefficient (Wildman–Crippen LogP) is 5.78. The second-order valence-electron chi connectivity index (χ2n) is 11.3. The molecule has 1 spiro atoms. The van der Waals surface area contributed by atoms with Gasteiger partial charge < -0.3 is 19.1 Å². The van der Waals surface area contributed by atoms with E-state index in [-0.39, 0.29) is 17.4 Å². The lowest BCUT2D eigenvalue weighted by atomic mass is 9.82. The first-order valence-corrected chi connectivity index (χ1v) is 15.2. The van der Waals surface area contributed by atoms with E-state index in [0.29, 0.717) is 31.0 Å². The van der Waals surface area contributed by atoms with Crippen molar-refractivity contribution in [3.05, 3.63) is 47.5 Å². The highest BCUT2D eigenvalue weighted by Crippen LogP contribution is 2.41. The molecule has 0 aromatic heterocycles. The van der Waals surface area contributed by atoms with E-state index >= 15 is 0 Å². The minimum Gasteiger partial charge on any atom is -0.493 e. The summed E-state index contributed by atoms with van der Waals surface area (Å²) >= 11 is 0. The second-order valence-corrected chi connectivity index (χ2v) is 13.5. The van der Waals surface area contributed by atoms with E-state index in [4.69, 9.17) is 14.2 Å². The summed E-state index contributed by atoms with van der Waals surface area (Å²) in [6, 6.07) is 12.0. The van der Waals surface area contributed by atoms with Crippen LogP contribution in [-0.4, -0.2) is 56.6 Å². The fourth-order valence-electron chi connectivity index (χ4n) is 4.96. The fourth-order valence-corrected chi connectivity index (χ4v) is 5.76. The van der Waals surface area contributed by atoms with Crippen molar-refractivity contribution in [2.75, 3.05) is 26.0 Å². The Morgan fingerprint density at radius 2 is 1.73 bits per heavy atom. The molecule has 0 aliphatic carbocycles. The van der Waals surface area contributed by atoms with Crippen LogP contribution in [0.4, 0.5) is 4.79 Å². The molecule has 2 aromatic rings. The molecule has 0 N–H and O–H groups in total. The number of ether oxygens (including phenoxy) is 3. The summed E-state index contributed by atoms with van der Waals surface area (Å²) in [6.07, 6.45) is 5.21.